The number of benzene rings is 2. The minimum absolute atomic E-state index is 0.256. The van der Waals surface area contributed by atoms with Crippen LogP contribution >= 0.6 is 23.6 Å². The molecule has 4 rings (SSSR count). The number of nitrogens with zero attached hydrogens (tertiary/aromatic N) is 2. The molecule has 2 aromatic carbocycles. The van der Waals surface area contributed by atoms with Gasteiger partial charge in [-0.2, -0.15) is 0 Å². The van der Waals surface area contributed by atoms with Crippen molar-refractivity contribution in [1.29, 1.82) is 0 Å². The van der Waals surface area contributed by atoms with Crippen molar-refractivity contribution < 1.29 is 22.7 Å². The fraction of sp³-hybridized carbons (Fsp3) is 0.296. The van der Waals surface area contributed by atoms with Gasteiger partial charge in [-0.05, 0) is 55.7 Å². The minimum Gasteiger partial charge on any atom is -0.406 e. The molecule has 6 nitrogen and oxygen atoms in total. The first-order chi connectivity index (χ1) is 18.1. The number of amides is 1. The summed E-state index contributed by atoms with van der Waals surface area (Å²) < 4.78 is 41.3. The van der Waals surface area contributed by atoms with Crippen LogP contribution < -0.4 is 15.4 Å². The molecule has 11 heteroatoms. The summed E-state index contributed by atoms with van der Waals surface area (Å²) in [5.74, 6) is -0.403. The normalized spacial score (nSPS) is 14.2. The van der Waals surface area contributed by atoms with E-state index in [0.29, 0.717) is 29.1 Å². The molecule has 0 unspecified atom stereocenters. The van der Waals surface area contributed by atoms with Crippen LogP contribution in [0.3, 0.4) is 0 Å². The molecule has 0 spiro atoms. The maximum Gasteiger partial charge on any atom is 0.573 e. The van der Waals surface area contributed by atoms with E-state index in [0.717, 1.165) is 41.6 Å². The summed E-state index contributed by atoms with van der Waals surface area (Å²) in [6.45, 7) is 8.12. The van der Waals surface area contributed by atoms with E-state index < -0.39 is 6.36 Å². The van der Waals surface area contributed by atoms with Crippen LogP contribution in [0.4, 0.5) is 18.9 Å². The number of thiazole rings is 1. The first-order valence-electron chi connectivity index (χ1n) is 12.0. The summed E-state index contributed by atoms with van der Waals surface area (Å²) in [7, 11) is 0. The molecule has 2 N–H and O–H groups in total. The Morgan fingerprint density at radius 1 is 1.18 bits per heavy atom. The highest BCUT2D eigenvalue weighted by Gasteiger charge is 2.31. The molecule has 2 heterocycles. The molecule has 1 aromatic heterocycles. The molecular weight excluding hydrogens is 533 g/mol. The van der Waals surface area contributed by atoms with E-state index in [1.54, 1.807) is 29.6 Å². The number of hydrogen-bond donors (Lipinski definition) is 2. The molecular formula is C27H27F3N4O2S2. The van der Waals surface area contributed by atoms with E-state index in [1.165, 1.54) is 35.6 Å². The highest BCUT2D eigenvalue weighted by molar-refractivity contribution is 7.80. The van der Waals surface area contributed by atoms with Gasteiger partial charge in [0.1, 0.15) is 11.4 Å². The van der Waals surface area contributed by atoms with Crippen molar-refractivity contribution in [3.63, 3.8) is 0 Å². The number of nitrogens with one attached hydrogen (secondary N) is 2. The molecule has 0 saturated carbocycles. The van der Waals surface area contributed by atoms with Gasteiger partial charge in [0.05, 0.1) is 5.01 Å². The zero-order chi connectivity index (χ0) is 27.3. The van der Waals surface area contributed by atoms with Crippen LogP contribution in [0, 0.1) is 0 Å². The first kappa shape index (κ1) is 27.6. The van der Waals surface area contributed by atoms with Gasteiger partial charge in [-0.25, -0.2) is 4.98 Å². The van der Waals surface area contributed by atoms with E-state index >= 15 is 0 Å². The molecule has 3 aromatic rings. The fourth-order valence-corrected chi connectivity index (χ4v) is 5.34. The van der Waals surface area contributed by atoms with E-state index in [2.05, 4.69) is 31.8 Å². The van der Waals surface area contributed by atoms with Crippen molar-refractivity contribution in [3.8, 4) is 16.9 Å². The maximum absolute atomic E-state index is 13.0. The molecule has 1 amide bonds. The molecule has 1 aliphatic heterocycles. The predicted molar refractivity (Wildman–Crippen MR) is 148 cm³/mol. The van der Waals surface area contributed by atoms with Gasteiger partial charge in [0.2, 0.25) is 0 Å². The third kappa shape index (κ3) is 7.32. The second-order valence-corrected chi connectivity index (χ2v) is 10.3. The molecule has 200 valence electrons. The molecule has 1 aliphatic rings. The molecule has 0 atom stereocenters. The van der Waals surface area contributed by atoms with Gasteiger partial charge >= 0.3 is 6.36 Å². The summed E-state index contributed by atoms with van der Waals surface area (Å²) in [4.78, 5) is 19.8. The number of likely N-dealkylation sites (tertiary alicyclic amines) is 1. The molecule has 0 bridgehead atoms. The second kappa shape index (κ2) is 12.0. The number of ether oxygens (including phenoxy) is 1. The lowest BCUT2D eigenvalue weighted by molar-refractivity contribution is -0.274. The lowest BCUT2D eigenvalue weighted by Crippen LogP contribution is -2.44. The Labute approximate surface area is 228 Å². The van der Waals surface area contributed by atoms with Gasteiger partial charge in [0, 0.05) is 42.2 Å². The smallest absolute Gasteiger partial charge is 0.406 e. The Morgan fingerprint density at radius 3 is 2.53 bits per heavy atom. The number of hydrogen-bond acceptors (Lipinski definition) is 5. The summed E-state index contributed by atoms with van der Waals surface area (Å²) in [5, 5.41) is 9.51. The van der Waals surface area contributed by atoms with E-state index in [4.69, 9.17) is 12.2 Å². The van der Waals surface area contributed by atoms with E-state index in [-0.39, 0.29) is 17.6 Å². The highest BCUT2D eigenvalue weighted by Crippen LogP contribution is 2.33. The van der Waals surface area contributed by atoms with Gasteiger partial charge < -0.3 is 20.3 Å². The maximum atomic E-state index is 13.0. The number of aromatic nitrogens is 1. The number of halogens is 3. The van der Waals surface area contributed by atoms with Gasteiger partial charge in [-0.15, -0.1) is 24.5 Å². The largest absolute Gasteiger partial charge is 0.573 e. The van der Waals surface area contributed by atoms with Crippen molar-refractivity contribution >= 4 is 40.3 Å². The summed E-state index contributed by atoms with van der Waals surface area (Å²) in [6, 6.07) is 12.6. The molecule has 0 radical (unpaired) electrons. The Bertz CT molecular complexity index is 1300. The lowest BCUT2D eigenvalue weighted by atomic mass is 9.98. The van der Waals surface area contributed by atoms with Crippen molar-refractivity contribution in [3.05, 3.63) is 76.8 Å². The van der Waals surface area contributed by atoms with Crippen molar-refractivity contribution in [1.82, 2.24) is 15.2 Å². The molecule has 0 aliphatic carbocycles. The van der Waals surface area contributed by atoms with Gasteiger partial charge in [0.25, 0.3) is 5.91 Å². The monoisotopic (exact) mass is 560 g/mol. The summed E-state index contributed by atoms with van der Waals surface area (Å²) in [5.41, 5.74) is 3.18. The number of carbonyl (C=O) groups excluding carboxylic acids is 1. The topological polar surface area (TPSA) is 66.5 Å². The van der Waals surface area contributed by atoms with Crippen LogP contribution in [0.2, 0.25) is 0 Å². The van der Waals surface area contributed by atoms with Crippen LogP contribution in [0.1, 0.15) is 41.2 Å². The Balaban J connectivity index is 1.38. The average Bonchev–Trinajstić information content (AvgIpc) is 3.38. The average molecular weight is 561 g/mol. The number of thiocarbonyl (C=S) groups is 1. The van der Waals surface area contributed by atoms with Gasteiger partial charge in [-0.3, -0.25) is 4.79 Å². The quantitative estimate of drug-likeness (QED) is 0.251. The Kier molecular flexibility index (Phi) is 8.68. The summed E-state index contributed by atoms with van der Waals surface area (Å²) >= 11 is 6.95. The SMILES string of the molecule is C=C(C)CNC(=S)N1CCC(c2nc(C(=O)Nc3ccccc3-c3ccc(OC(F)(F)F)cc3)cs2)CC1. The minimum atomic E-state index is -4.76. The second-order valence-electron chi connectivity index (χ2n) is 9.02. The van der Waals surface area contributed by atoms with Crippen molar-refractivity contribution in [2.24, 2.45) is 0 Å². The van der Waals surface area contributed by atoms with E-state index in [9.17, 15) is 18.0 Å². The van der Waals surface area contributed by atoms with Crippen molar-refractivity contribution in [2.45, 2.75) is 32.0 Å². The Hall–Kier alpha value is -3.44. The number of carbonyl (C=O) groups is 1. The van der Waals surface area contributed by atoms with Crippen LogP contribution in [-0.2, 0) is 0 Å². The van der Waals surface area contributed by atoms with Gasteiger partial charge in [-0.1, -0.05) is 42.5 Å². The Morgan fingerprint density at radius 2 is 1.87 bits per heavy atom. The van der Waals surface area contributed by atoms with E-state index in [1.807, 2.05) is 6.92 Å². The number of anilines is 1. The number of piperidine rings is 1. The summed E-state index contributed by atoms with van der Waals surface area (Å²) in [6.07, 6.45) is -2.98. The zero-order valence-corrected chi connectivity index (χ0v) is 22.3. The molecule has 1 fully saturated rings. The number of rotatable bonds is 7. The zero-order valence-electron chi connectivity index (χ0n) is 20.7. The van der Waals surface area contributed by atoms with Crippen LogP contribution in [0.25, 0.3) is 11.1 Å². The van der Waals surface area contributed by atoms with Crippen molar-refractivity contribution in [2.75, 3.05) is 25.0 Å². The van der Waals surface area contributed by atoms with Crippen LogP contribution in [0.5, 0.6) is 5.75 Å². The van der Waals surface area contributed by atoms with Crippen LogP contribution in [0.15, 0.2) is 66.1 Å². The first-order valence-corrected chi connectivity index (χ1v) is 13.3. The van der Waals surface area contributed by atoms with Crippen LogP contribution in [-0.4, -0.2) is 46.9 Å². The lowest BCUT2D eigenvalue weighted by Gasteiger charge is -2.33. The highest BCUT2D eigenvalue weighted by atomic mass is 32.1. The fourth-order valence-electron chi connectivity index (χ4n) is 4.11. The third-order valence-electron chi connectivity index (χ3n) is 6.00. The molecule has 1 saturated heterocycles. The number of para-hydroxylation sites is 1. The standard InChI is InChI=1S/C27H27F3N4O2S2/c1-17(2)15-31-26(37)34-13-11-19(12-14-34)25-33-23(16-38-25)24(35)32-22-6-4-3-5-21(22)18-7-9-20(10-8-18)36-27(28,29)30/h3-10,16,19H,1,11-15H2,2H3,(H,31,37)(H,32,35). The van der Waals surface area contributed by atoms with Gasteiger partial charge in [0.15, 0.2) is 5.11 Å². The number of alkyl halides is 3. The predicted octanol–water partition coefficient (Wildman–Crippen LogP) is 6.59. The third-order valence-corrected chi connectivity index (χ3v) is 7.41. The molecule has 38 heavy (non-hydrogen) atoms.